The molecule has 0 radical (unpaired) electrons. The van der Waals surface area contributed by atoms with Crippen molar-refractivity contribution in [3.63, 3.8) is 0 Å². The number of benzene rings is 3. The van der Waals surface area contributed by atoms with Crippen LogP contribution in [-0.4, -0.2) is 54.3 Å². The van der Waals surface area contributed by atoms with Gasteiger partial charge in [0.05, 0.1) is 12.6 Å². The minimum Gasteiger partial charge on any atom is -0.378 e. The Hall–Kier alpha value is -2.11. The van der Waals surface area contributed by atoms with Crippen LogP contribution in [-0.2, 0) is 4.79 Å². The van der Waals surface area contributed by atoms with Crippen LogP contribution in [0, 0.1) is 0 Å². The first-order chi connectivity index (χ1) is 15.6. The van der Waals surface area contributed by atoms with Gasteiger partial charge in [0.15, 0.2) is 5.78 Å². The normalized spacial score (nSPS) is 20.2. The molecule has 0 saturated carbocycles. The predicted molar refractivity (Wildman–Crippen MR) is 133 cm³/mol. The van der Waals surface area contributed by atoms with Gasteiger partial charge in [0.25, 0.3) is 0 Å². The molecule has 2 atom stereocenters. The number of ketones is 1. The largest absolute Gasteiger partial charge is 0.378 e. The number of halogens is 2. The van der Waals surface area contributed by atoms with E-state index in [0.717, 1.165) is 41.7 Å². The molecule has 0 spiro atoms. The summed E-state index contributed by atoms with van der Waals surface area (Å²) >= 11 is 12.3. The summed E-state index contributed by atoms with van der Waals surface area (Å²) in [4.78, 5) is 18.7. The van der Waals surface area contributed by atoms with Crippen LogP contribution in [0.3, 0.4) is 0 Å². The molecule has 0 bridgehead atoms. The van der Waals surface area contributed by atoms with Crippen molar-refractivity contribution in [1.82, 2.24) is 9.80 Å². The van der Waals surface area contributed by atoms with Crippen molar-refractivity contribution in [3.05, 3.63) is 76.3 Å². The Balaban J connectivity index is 1.45. The van der Waals surface area contributed by atoms with Crippen LogP contribution in [0.2, 0.25) is 10.0 Å². The molecule has 5 rings (SSSR count). The topological polar surface area (TPSA) is 35.6 Å². The molecule has 2 saturated heterocycles. The van der Waals surface area contributed by atoms with E-state index < -0.39 is 0 Å². The number of carbonyl (C=O) groups excluding carboxylic acids is 1. The number of hydrogen-bond donors (Lipinski definition) is 1. The van der Waals surface area contributed by atoms with Gasteiger partial charge in [0.1, 0.15) is 0 Å². The molecule has 1 N–H and O–H groups in total. The molecule has 1 unspecified atom stereocenters. The maximum Gasteiger partial charge on any atom is 0.173 e. The number of piperazine rings is 1. The summed E-state index contributed by atoms with van der Waals surface area (Å²) in [5.74, 6) is 0.156. The number of nitrogens with one attached hydrogen (secondary N) is 1. The van der Waals surface area contributed by atoms with Gasteiger partial charge in [-0.1, -0.05) is 65.7 Å². The van der Waals surface area contributed by atoms with Crippen molar-refractivity contribution in [2.24, 2.45) is 0 Å². The lowest BCUT2D eigenvalue weighted by molar-refractivity contribution is -0.123. The van der Waals surface area contributed by atoms with Gasteiger partial charge >= 0.3 is 0 Å². The van der Waals surface area contributed by atoms with E-state index in [1.165, 1.54) is 19.4 Å². The minimum absolute atomic E-state index is 0.156. The van der Waals surface area contributed by atoms with E-state index in [1.54, 1.807) is 18.2 Å². The average molecular weight is 468 g/mol. The lowest BCUT2D eigenvalue weighted by Gasteiger charge is -2.41. The summed E-state index contributed by atoms with van der Waals surface area (Å²) in [6.07, 6.45) is 2.47. The fourth-order valence-corrected chi connectivity index (χ4v) is 5.78. The molecule has 3 aromatic carbocycles. The van der Waals surface area contributed by atoms with Gasteiger partial charge in [-0.15, -0.1) is 0 Å². The zero-order chi connectivity index (χ0) is 22.1. The van der Waals surface area contributed by atoms with Crippen LogP contribution in [0.4, 0.5) is 5.69 Å². The molecule has 2 aliphatic heterocycles. The van der Waals surface area contributed by atoms with Gasteiger partial charge in [-0.25, -0.2) is 0 Å². The lowest BCUT2D eigenvalue weighted by atomic mass is 9.93. The van der Waals surface area contributed by atoms with Gasteiger partial charge in [-0.3, -0.25) is 14.6 Å². The summed E-state index contributed by atoms with van der Waals surface area (Å²) in [5, 5.41) is 6.67. The maximum atomic E-state index is 13.7. The molecular formula is C26H27Cl2N3O. The molecule has 4 nitrogen and oxygen atoms in total. The van der Waals surface area contributed by atoms with Gasteiger partial charge < -0.3 is 5.32 Å². The van der Waals surface area contributed by atoms with Crippen molar-refractivity contribution in [1.29, 1.82) is 0 Å². The summed E-state index contributed by atoms with van der Waals surface area (Å²) < 4.78 is 0. The monoisotopic (exact) mass is 467 g/mol. The van der Waals surface area contributed by atoms with Crippen LogP contribution in [0.1, 0.15) is 24.4 Å². The number of carbonyl (C=O) groups is 1. The third kappa shape index (κ3) is 4.51. The van der Waals surface area contributed by atoms with E-state index in [4.69, 9.17) is 23.2 Å². The van der Waals surface area contributed by atoms with Gasteiger partial charge in [0, 0.05) is 41.4 Å². The van der Waals surface area contributed by atoms with Crippen LogP contribution in [0.25, 0.3) is 10.8 Å². The second-order valence-corrected chi connectivity index (χ2v) is 9.65. The van der Waals surface area contributed by atoms with Crippen LogP contribution in [0.15, 0.2) is 60.7 Å². The Morgan fingerprint density at radius 1 is 1.00 bits per heavy atom. The standard InChI is InChI=1S/C26H27Cl2N3O/c27-19-13-20(28)15-21(14-19)29-16-25(32)26(31-12-11-30-10-4-7-22(30)17-31)24-9-3-6-18-5-1-2-8-23(18)24/h1-3,5-6,8-9,13-15,22,26,29H,4,7,10-12,16-17H2/t22-,26?/m0/s1. The number of nitrogens with zero attached hydrogens (tertiary/aromatic N) is 2. The quantitative estimate of drug-likeness (QED) is 0.507. The Morgan fingerprint density at radius 2 is 1.78 bits per heavy atom. The highest BCUT2D eigenvalue weighted by Gasteiger charge is 2.36. The fraction of sp³-hybridized carbons (Fsp3) is 0.346. The van der Waals surface area contributed by atoms with Gasteiger partial charge in [-0.2, -0.15) is 0 Å². The van der Waals surface area contributed by atoms with Gasteiger partial charge in [0.2, 0.25) is 0 Å². The van der Waals surface area contributed by atoms with Crippen molar-refractivity contribution in [2.75, 3.05) is 38.0 Å². The van der Waals surface area contributed by atoms with Crippen molar-refractivity contribution in [2.45, 2.75) is 24.9 Å². The predicted octanol–water partition coefficient (Wildman–Crippen LogP) is 5.65. The zero-order valence-corrected chi connectivity index (χ0v) is 19.4. The summed E-state index contributed by atoms with van der Waals surface area (Å²) in [5.41, 5.74) is 1.85. The van der Waals surface area contributed by atoms with E-state index in [-0.39, 0.29) is 18.4 Å². The molecule has 0 aliphatic carbocycles. The van der Waals surface area contributed by atoms with E-state index in [2.05, 4.69) is 51.5 Å². The van der Waals surface area contributed by atoms with E-state index in [0.29, 0.717) is 16.1 Å². The second-order valence-electron chi connectivity index (χ2n) is 8.78. The molecule has 2 heterocycles. The Labute approximate surface area is 199 Å². The highest BCUT2D eigenvalue weighted by molar-refractivity contribution is 6.35. The number of fused-ring (bicyclic) bond motifs is 2. The van der Waals surface area contributed by atoms with Crippen LogP contribution < -0.4 is 5.32 Å². The Morgan fingerprint density at radius 3 is 2.62 bits per heavy atom. The number of Topliss-reactive ketones (excluding diaryl/α,β-unsaturated/α-hetero) is 1. The second kappa shape index (κ2) is 9.40. The first-order valence-corrected chi connectivity index (χ1v) is 12.0. The maximum absolute atomic E-state index is 13.7. The number of hydrogen-bond acceptors (Lipinski definition) is 4. The summed E-state index contributed by atoms with van der Waals surface area (Å²) in [6.45, 7) is 4.26. The molecular weight excluding hydrogens is 441 g/mol. The molecule has 166 valence electrons. The highest BCUT2D eigenvalue weighted by Crippen LogP contribution is 2.33. The molecule has 6 heteroatoms. The zero-order valence-electron chi connectivity index (χ0n) is 17.9. The Kier molecular flexibility index (Phi) is 6.38. The number of anilines is 1. The van der Waals surface area contributed by atoms with Crippen LogP contribution >= 0.6 is 23.2 Å². The third-order valence-corrected chi connectivity index (χ3v) is 7.17. The fourth-order valence-electron chi connectivity index (χ4n) is 5.25. The smallest absolute Gasteiger partial charge is 0.173 e. The first kappa shape index (κ1) is 21.7. The molecule has 2 aliphatic rings. The van der Waals surface area contributed by atoms with Crippen molar-refractivity contribution < 1.29 is 4.79 Å². The SMILES string of the molecule is O=C(CNc1cc(Cl)cc(Cl)c1)C(c1cccc2ccccc12)N1CCN2CCC[C@H]2C1. The molecule has 32 heavy (non-hydrogen) atoms. The van der Waals surface area contributed by atoms with Gasteiger partial charge in [-0.05, 0) is 53.9 Å². The molecule has 2 fully saturated rings. The highest BCUT2D eigenvalue weighted by atomic mass is 35.5. The molecule has 3 aromatic rings. The van der Waals surface area contributed by atoms with E-state index in [9.17, 15) is 4.79 Å². The first-order valence-electron chi connectivity index (χ1n) is 11.3. The summed E-state index contributed by atoms with van der Waals surface area (Å²) in [6, 6.07) is 20.2. The van der Waals surface area contributed by atoms with E-state index >= 15 is 0 Å². The number of rotatable bonds is 6. The van der Waals surface area contributed by atoms with E-state index in [1.807, 2.05) is 6.07 Å². The van der Waals surface area contributed by atoms with Crippen LogP contribution in [0.5, 0.6) is 0 Å². The Bertz CT molecular complexity index is 1110. The third-order valence-electron chi connectivity index (χ3n) is 6.74. The lowest BCUT2D eigenvalue weighted by Crippen LogP contribution is -2.52. The molecule has 0 aromatic heterocycles. The average Bonchev–Trinajstić information content (AvgIpc) is 3.25. The molecule has 0 amide bonds. The summed E-state index contributed by atoms with van der Waals surface area (Å²) in [7, 11) is 0. The minimum atomic E-state index is -0.286. The van der Waals surface area contributed by atoms with Crippen molar-refractivity contribution >= 4 is 45.4 Å². The van der Waals surface area contributed by atoms with Crippen molar-refractivity contribution in [3.8, 4) is 0 Å².